The molecule has 0 aliphatic rings. The Hall–Kier alpha value is -1.38. The zero-order valence-corrected chi connectivity index (χ0v) is 9.13. The number of benzene rings is 1. The van der Waals surface area contributed by atoms with E-state index in [4.69, 9.17) is 9.47 Å². The van der Waals surface area contributed by atoms with Gasteiger partial charge in [-0.3, -0.25) is 0 Å². The van der Waals surface area contributed by atoms with Gasteiger partial charge in [-0.1, -0.05) is 6.07 Å². The molecule has 3 heteroatoms. The topological polar surface area (TPSA) is 30.5 Å². The molecule has 1 rings (SSSR count). The van der Waals surface area contributed by atoms with Gasteiger partial charge in [0.15, 0.2) is 0 Å². The van der Waals surface area contributed by atoms with Crippen LogP contribution in [0.1, 0.15) is 13.8 Å². The van der Waals surface area contributed by atoms with Crippen LogP contribution in [-0.2, 0) is 0 Å². The van der Waals surface area contributed by atoms with Crippen molar-refractivity contribution in [3.8, 4) is 11.5 Å². The summed E-state index contributed by atoms with van der Waals surface area (Å²) in [7, 11) is 3.31. The molecule has 0 unspecified atom stereocenters. The molecule has 0 radical (unpaired) electrons. The third-order valence-corrected chi connectivity index (χ3v) is 1.86. The van der Waals surface area contributed by atoms with Gasteiger partial charge in [-0.2, -0.15) is 0 Å². The summed E-state index contributed by atoms with van der Waals surface area (Å²) in [6, 6.07) is 6.07. The van der Waals surface area contributed by atoms with Crippen LogP contribution in [0.3, 0.4) is 0 Å². The molecule has 0 atom stereocenters. The normalized spacial score (nSPS) is 10.1. The minimum Gasteiger partial charge on any atom is -0.494 e. The summed E-state index contributed by atoms with van der Waals surface area (Å²) in [4.78, 5) is 0. The monoisotopic (exact) mass is 195 g/mol. The van der Waals surface area contributed by atoms with E-state index in [1.807, 2.05) is 18.2 Å². The van der Waals surface area contributed by atoms with Crippen LogP contribution in [0.4, 0.5) is 5.69 Å². The van der Waals surface area contributed by atoms with E-state index in [0.29, 0.717) is 6.04 Å². The quantitative estimate of drug-likeness (QED) is 0.800. The van der Waals surface area contributed by atoms with Crippen molar-refractivity contribution in [3.05, 3.63) is 18.2 Å². The second kappa shape index (κ2) is 4.74. The molecule has 78 valence electrons. The summed E-state index contributed by atoms with van der Waals surface area (Å²) in [6.07, 6.45) is 0. The van der Waals surface area contributed by atoms with E-state index in [9.17, 15) is 0 Å². The number of rotatable bonds is 4. The molecule has 14 heavy (non-hydrogen) atoms. The van der Waals surface area contributed by atoms with Crippen molar-refractivity contribution in [3.63, 3.8) is 0 Å². The van der Waals surface area contributed by atoms with Gasteiger partial charge >= 0.3 is 0 Å². The zero-order valence-electron chi connectivity index (χ0n) is 9.13. The van der Waals surface area contributed by atoms with Gasteiger partial charge in [0.05, 0.1) is 14.2 Å². The molecule has 1 aromatic rings. The molecule has 0 spiro atoms. The number of ether oxygens (including phenoxy) is 2. The highest BCUT2D eigenvalue weighted by Gasteiger charge is 2.09. The number of hydrogen-bond acceptors (Lipinski definition) is 3. The first-order valence-corrected chi connectivity index (χ1v) is 4.66. The standard InChI is InChI=1S/C11H17NO2/c1-8(2)12-11-9(13-3)6-5-7-10(11)14-4/h5-8,12H,1-4H3. The maximum Gasteiger partial charge on any atom is 0.145 e. The van der Waals surface area contributed by atoms with E-state index < -0.39 is 0 Å². The van der Waals surface area contributed by atoms with Gasteiger partial charge in [0, 0.05) is 6.04 Å². The van der Waals surface area contributed by atoms with E-state index in [1.165, 1.54) is 0 Å². The average molecular weight is 195 g/mol. The number of nitrogens with one attached hydrogen (secondary N) is 1. The molecule has 1 N–H and O–H groups in total. The van der Waals surface area contributed by atoms with E-state index in [1.54, 1.807) is 14.2 Å². The van der Waals surface area contributed by atoms with Crippen LogP contribution < -0.4 is 14.8 Å². The van der Waals surface area contributed by atoms with Gasteiger partial charge in [0.2, 0.25) is 0 Å². The Morgan fingerprint density at radius 1 is 1.07 bits per heavy atom. The number of para-hydroxylation sites is 1. The van der Waals surface area contributed by atoms with Crippen molar-refractivity contribution in [1.82, 2.24) is 0 Å². The first-order chi connectivity index (χ1) is 6.69. The molecule has 0 bridgehead atoms. The number of hydrogen-bond donors (Lipinski definition) is 1. The van der Waals surface area contributed by atoms with Crippen LogP contribution in [0.5, 0.6) is 11.5 Å². The van der Waals surface area contributed by atoms with Gasteiger partial charge in [-0.05, 0) is 26.0 Å². The Labute approximate surface area is 85.0 Å². The van der Waals surface area contributed by atoms with Crippen molar-refractivity contribution in [2.75, 3.05) is 19.5 Å². The van der Waals surface area contributed by atoms with Crippen LogP contribution >= 0.6 is 0 Å². The van der Waals surface area contributed by atoms with Gasteiger partial charge in [0.25, 0.3) is 0 Å². The Morgan fingerprint density at radius 3 is 1.93 bits per heavy atom. The van der Waals surface area contributed by atoms with Crippen LogP contribution in [0.2, 0.25) is 0 Å². The van der Waals surface area contributed by atoms with Crippen molar-refractivity contribution in [2.45, 2.75) is 19.9 Å². The summed E-state index contributed by atoms with van der Waals surface area (Å²) in [5.74, 6) is 1.61. The Morgan fingerprint density at radius 2 is 1.57 bits per heavy atom. The third kappa shape index (κ3) is 2.31. The SMILES string of the molecule is COc1cccc(OC)c1NC(C)C. The molecule has 0 fully saturated rings. The fraction of sp³-hybridized carbons (Fsp3) is 0.455. The Balaban J connectivity index is 3.05. The lowest BCUT2D eigenvalue weighted by atomic mass is 10.2. The Kier molecular flexibility index (Phi) is 3.63. The maximum absolute atomic E-state index is 5.25. The molecule has 0 aromatic heterocycles. The largest absolute Gasteiger partial charge is 0.494 e. The van der Waals surface area contributed by atoms with Gasteiger partial charge < -0.3 is 14.8 Å². The summed E-state index contributed by atoms with van der Waals surface area (Å²) in [6.45, 7) is 4.15. The molecule has 0 heterocycles. The van der Waals surface area contributed by atoms with Crippen molar-refractivity contribution in [1.29, 1.82) is 0 Å². The maximum atomic E-state index is 5.25. The molecule has 0 aliphatic heterocycles. The van der Waals surface area contributed by atoms with E-state index in [-0.39, 0.29) is 0 Å². The fourth-order valence-corrected chi connectivity index (χ4v) is 1.28. The first kappa shape index (κ1) is 10.7. The van der Waals surface area contributed by atoms with Crippen LogP contribution in [0, 0.1) is 0 Å². The minimum atomic E-state index is 0.347. The second-order valence-corrected chi connectivity index (χ2v) is 3.34. The van der Waals surface area contributed by atoms with Gasteiger partial charge in [-0.15, -0.1) is 0 Å². The predicted octanol–water partition coefficient (Wildman–Crippen LogP) is 2.52. The summed E-state index contributed by atoms with van der Waals surface area (Å²) in [5.41, 5.74) is 0.910. The predicted molar refractivity (Wildman–Crippen MR) is 58.3 cm³/mol. The van der Waals surface area contributed by atoms with Crippen molar-refractivity contribution in [2.24, 2.45) is 0 Å². The lowest BCUT2D eigenvalue weighted by Gasteiger charge is -2.16. The first-order valence-electron chi connectivity index (χ1n) is 4.66. The molecule has 0 saturated carbocycles. The van der Waals surface area contributed by atoms with E-state index in [2.05, 4.69) is 19.2 Å². The smallest absolute Gasteiger partial charge is 0.145 e. The lowest BCUT2D eigenvalue weighted by Crippen LogP contribution is -2.11. The molecular weight excluding hydrogens is 178 g/mol. The average Bonchev–Trinajstić information content (AvgIpc) is 2.17. The highest BCUT2D eigenvalue weighted by atomic mass is 16.5. The molecule has 0 amide bonds. The molecule has 0 saturated heterocycles. The summed E-state index contributed by atoms with van der Waals surface area (Å²) < 4.78 is 10.5. The summed E-state index contributed by atoms with van der Waals surface area (Å²) >= 11 is 0. The van der Waals surface area contributed by atoms with Crippen molar-refractivity contribution >= 4 is 5.69 Å². The number of anilines is 1. The molecule has 0 aliphatic carbocycles. The molecule has 1 aromatic carbocycles. The van der Waals surface area contributed by atoms with Crippen LogP contribution in [0.15, 0.2) is 18.2 Å². The molecule has 3 nitrogen and oxygen atoms in total. The highest BCUT2D eigenvalue weighted by molar-refractivity contribution is 5.66. The highest BCUT2D eigenvalue weighted by Crippen LogP contribution is 2.34. The van der Waals surface area contributed by atoms with E-state index in [0.717, 1.165) is 17.2 Å². The number of methoxy groups -OCH3 is 2. The second-order valence-electron chi connectivity index (χ2n) is 3.34. The van der Waals surface area contributed by atoms with Crippen molar-refractivity contribution < 1.29 is 9.47 Å². The summed E-state index contributed by atoms with van der Waals surface area (Å²) in [5, 5.41) is 3.29. The zero-order chi connectivity index (χ0) is 10.6. The molecular formula is C11H17NO2. The van der Waals surface area contributed by atoms with Crippen LogP contribution in [0.25, 0.3) is 0 Å². The van der Waals surface area contributed by atoms with Gasteiger partial charge in [0.1, 0.15) is 17.2 Å². The lowest BCUT2D eigenvalue weighted by molar-refractivity contribution is 0.397. The third-order valence-electron chi connectivity index (χ3n) is 1.86. The van der Waals surface area contributed by atoms with Gasteiger partial charge in [-0.25, -0.2) is 0 Å². The Bertz CT molecular complexity index is 275. The van der Waals surface area contributed by atoms with Crippen LogP contribution in [-0.4, -0.2) is 20.3 Å². The minimum absolute atomic E-state index is 0.347. The fourth-order valence-electron chi connectivity index (χ4n) is 1.28. The van der Waals surface area contributed by atoms with E-state index >= 15 is 0 Å².